The molecule has 2 fully saturated rings. The Morgan fingerprint density at radius 2 is 1.28 bits per heavy atom. The van der Waals surface area contributed by atoms with E-state index < -0.39 is 5.60 Å². The van der Waals surface area contributed by atoms with E-state index in [9.17, 15) is 14.7 Å². The Bertz CT molecular complexity index is 2470. The molecule has 0 saturated heterocycles. The lowest BCUT2D eigenvalue weighted by Crippen LogP contribution is -2.43. The number of fused-ring (bicyclic) bond motifs is 10. The van der Waals surface area contributed by atoms with E-state index in [-0.39, 0.29) is 22.9 Å². The van der Waals surface area contributed by atoms with Gasteiger partial charge in [-0.05, 0) is 112 Å². The summed E-state index contributed by atoms with van der Waals surface area (Å²) in [6, 6.07) is 12.0. The van der Waals surface area contributed by atoms with Gasteiger partial charge in [-0.1, -0.05) is 35.6 Å². The zero-order valence-electron chi connectivity index (χ0n) is 29.7. The molecule has 2 aliphatic heterocycles. The summed E-state index contributed by atoms with van der Waals surface area (Å²) in [7, 11) is 0. The molecule has 11 rings (SSSR count). The number of aromatic amines is 2. The summed E-state index contributed by atoms with van der Waals surface area (Å²) < 4.78 is 0. The Hall–Kier alpha value is -5.17. The normalized spacial score (nSPS) is 18.7. The molecule has 5 aromatic rings. The number of carbonyl (C=O) groups excluding carboxylic acids is 2. The molecule has 5 N–H and O–H groups in total. The Kier molecular flexibility index (Phi) is 6.99. The third kappa shape index (κ3) is 5.67. The molecule has 0 atom stereocenters. The third-order valence-electron chi connectivity index (χ3n) is 11.8. The molecule has 0 bridgehead atoms. The van der Waals surface area contributed by atoms with Gasteiger partial charge in [-0.25, -0.2) is 4.98 Å². The lowest BCUT2D eigenvalue weighted by Gasteiger charge is -2.24. The van der Waals surface area contributed by atoms with Crippen LogP contribution >= 0.6 is 11.6 Å². The van der Waals surface area contributed by atoms with Crippen LogP contribution in [0.1, 0.15) is 99.5 Å². The number of hydrogen-bond acceptors (Lipinski definition) is 5. The van der Waals surface area contributed by atoms with E-state index in [0.29, 0.717) is 5.15 Å². The molecule has 2 saturated carbocycles. The lowest BCUT2D eigenvalue weighted by molar-refractivity contribution is 0.0908. The van der Waals surface area contributed by atoms with Crippen molar-refractivity contribution >= 4 is 23.4 Å². The topological polar surface area (TPSA) is 136 Å². The predicted molar refractivity (Wildman–Crippen MR) is 203 cm³/mol. The van der Waals surface area contributed by atoms with Gasteiger partial charge in [-0.2, -0.15) is 0 Å². The summed E-state index contributed by atoms with van der Waals surface area (Å²) >= 11 is 6.05. The number of H-pyrrole nitrogens is 2. The van der Waals surface area contributed by atoms with Crippen molar-refractivity contribution in [1.82, 2.24) is 30.6 Å². The molecule has 10 heteroatoms. The number of halogens is 1. The summed E-state index contributed by atoms with van der Waals surface area (Å²) in [4.78, 5) is 41.4. The molecule has 0 unspecified atom stereocenters. The van der Waals surface area contributed by atoms with Crippen LogP contribution < -0.4 is 10.6 Å². The maximum atomic E-state index is 12.9. The summed E-state index contributed by atoms with van der Waals surface area (Å²) in [6.07, 6.45) is 13.5. The van der Waals surface area contributed by atoms with E-state index in [2.05, 4.69) is 43.5 Å². The Balaban J connectivity index is 0.000000143. The van der Waals surface area contributed by atoms with E-state index in [1.807, 2.05) is 42.7 Å². The largest absolute Gasteiger partial charge is 0.378 e. The van der Waals surface area contributed by atoms with Crippen LogP contribution in [-0.4, -0.2) is 53.5 Å². The minimum atomic E-state index is -1.01. The number of aromatic nitrogens is 4. The molecule has 6 heterocycles. The van der Waals surface area contributed by atoms with Crippen molar-refractivity contribution < 1.29 is 14.7 Å². The average Bonchev–Trinajstić information content (AvgIpc) is 3.97. The molecule has 0 radical (unpaired) electrons. The fourth-order valence-electron chi connectivity index (χ4n) is 8.67. The van der Waals surface area contributed by atoms with Crippen LogP contribution in [0.3, 0.4) is 0 Å². The molecule has 2 amide bonds. The van der Waals surface area contributed by atoms with Crippen LogP contribution in [0.4, 0.5) is 0 Å². The van der Waals surface area contributed by atoms with Crippen LogP contribution in [0.5, 0.6) is 0 Å². The van der Waals surface area contributed by atoms with Gasteiger partial charge < -0.3 is 25.7 Å². The third-order valence-corrected chi connectivity index (χ3v) is 12.0. The van der Waals surface area contributed by atoms with E-state index in [1.54, 1.807) is 13.8 Å². The monoisotopic (exact) mass is 722 g/mol. The lowest BCUT2D eigenvalue weighted by atomic mass is 9.87. The van der Waals surface area contributed by atoms with Crippen molar-refractivity contribution in [3.63, 3.8) is 0 Å². The van der Waals surface area contributed by atoms with Crippen molar-refractivity contribution in [1.29, 1.82) is 0 Å². The van der Waals surface area contributed by atoms with Crippen LogP contribution in [0.2, 0.25) is 5.15 Å². The van der Waals surface area contributed by atoms with Gasteiger partial charge in [0.15, 0.2) is 0 Å². The summed E-state index contributed by atoms with van der Waals surface area (Å²) in [6.45, 7) is 3.35. The number of nitrogens with zero attached hydrogens (tertiary/aromatic N) is 2. The number of nitrogens with one attached hydrogen (secondary N) is 4. The number of carbonyl (C=O) groups is 2. The van der Waals surface area contributed by atoms with Crippen LogP contribution in [0.15, 0.2) is 48.8 Å². The molecule has 266 valence electrons. The number of amides is 2. The van der Waals surface area contributed by atoms with Gasteiger partial charge >= 0.3 is 0 Å². The van der Waals surface area contributed by atoms with Crippen LogP contribution in [0, 0.1) is 11.8 Å². The second-order valence-electron chi connectivity index (χ2n) is 16.3. The molecular weight excluding hydrogens is 684 g/mol. The van der Waals surface area contributed by atoms with Crippen LogP contribution in [0.25, 0.3) is 33.8 Å². The summed E-state index contributed by atoms with van der Waals surface area (Å²) in [5.41, 5.74) is 14.8. The molecule has 4 aromatic heterocycles. The van der Waals surface area contributed by atoms with Crippen molar-refractivity contribution in [2.24, 2.45) is 0 Å². The number of hydrogen-bond donors (Lipinski definition) is 5. The van der Waals surface area contributed by atoms with Crippen molar-refractivity contribution in [3.8, 4) is 45.6 Å². The highest BCUT2D eigenvalue weighted by atomic mass is 35.5. The minimum absolute atomic E-state index is 0.000354. The van der Waals surface area contributed by atoms with Crippen molar-refractivity contribution in [3.05, 3.63) is 104 Å². The zero-order valence-corrected chi connectivity index (χ0v) is 30.5. The Morgan fingerprint density at radius 3 is 1.81 bits per heavy atom. The highest BCUT2D eigenvalue weighted by molar-refractivity contribution is 6.29. The molecule has 2 spiro atoms. The quantitative estimate of drug-likeness (QED) is 0.100. The number of rotatable bonds is 1. The van der Waals surface area contributed by atoms with Gasteiger partial charge in [0.2, 0.25) is 0 Å². The second kappa shape index (κ2) is 11.4. The first kappa shape index (κ1) is 32.5. The maximum Gasteiger partial charge on any atom is 0.253 e. The van der Waals surface area contributed by atoms with E-state index in [4.69, 9.17) is 16.6 Å². The fourth-order valence-corrected chi connectivity index (χ4v) is 8.83. The smallest absolute Gasteiger partial charge is 0.253 e. The van der Waals surface area contributed by atoms with Gasteiger partial charge in [0.05, 0.1) is 28.2 Å². The molecule has 1 aromatic carbocycles. The Labute approximate surface area is 312 Å². The van der Waals surface area contributed by atoms with E-state index >= 15 is 0 Å². The SMILES string of the molecule is CC(C)(O)C#Cc1ccc(-c2cc3c(cn2)CCc2c-3[nH]c3c2C(=O)NC2(CC2)C3)cc1.O=C1NC2(CC2)Cc2[nH]c3c(c21)CCc1cnc(Cl)cc1-3. The first-order chi connectivity index (χ1) is 25.5. The van der Waals surface area contributed by atoms with E-state index in [1.165, 1.54) is 11.1 Å². The van der Waals surface area contributed by atoms with Crippen molar-refractivity contribution in [2.75, 3.05) is 0 Å². The number of aliphatic hydroxyl groups is 1. The summed E-state index contributed by atoms with van der Waals surface area (Å²) in [5.74, 6) is 6.02. The molecule has 9 nitrogen and oxygen atoms in total. The number of benzene rings is 1. The average molecular weight is 723 g/mol. The first-order valence-electron chi connectivity index (χ1n) is 18.6. The highest BCUT2D eigenvalue weighted by Gasteiger charge is 2.50. The molecule has 53 heavy (non-hydrogen) atoms. The Morgan fingerprint density at radius 1 is 0.755 bits per heavy atom. The van der Waals surface area contributed by atoms with Crippen molar-refractivity contribution in [2.45, 2.75) is 94.7 Å². The first-order valence-corrected chi connectivity index (χ1v) is 19.0. The minimum Gasteiger partial charge on any atom is -0.378 e. The zero-order chi connectivity index (χ0) is 36.3. The number of aryl methyl sites for hydroxylation is 2. The molecule has 6 aliphatic rings. The predicted octanol–water partition coefficient (Wildman–Crippen LogP) is 6.43. The maximum absolute atomic E-state index is 12.9. The van der Waals surface area contributed by atoms with Gasteiger partial charge in [0.25, 0.3) is 11.8 Å². The standard InChI is InChI=1S/C27H25N3O2.C16H14ClN3O/c1-26(2,32)10-9-16-3-5-17(6-4-16)21-13-20-18(15-28-21)7-8-19-23-22(29-24(19)20)14-27(11-12-27)30-25(23)31;17-12-5-10-8(7-18-12)1-2-9-13-11(19-14(9)10)6-16(3-4-16)20-15(13)21/h3-6,13,15,29,32H,7-8,11-12,14H2,1-2H3,(H,30,31);5,7,19H,1-4,6H2,(H,20,21). The fraction of sp³-hybridized carbons (Fsp3) is 0.349. The summed E-state index contributed by atoms with van der Waals surface area (Å²) in [5, 5.41) is 16.7. The number of pyridine rings is 2. The van der Waals surface area contributed by atoms with Gasteiger partial charge in [0.1, 0.15) is 10.8 Å². The van der Waals surface area contributed by atoms with Gasteiger partial charge in [0, 0.05) is 70.0 Å². The highest BCUT2D eigenvalue weighted by Crippen LogP contribution is 2.47. The molecular formula is C43H39ClN6O3. The van der Waals surface area contributed by atoms with Gasteiger partial charge in [-0.15, -0.1) is 0 Å². The molecule has 4 aliphatic carbocycles. The van der Waals surface area contributed by atoms with Crippen LogP contribution in [-0.2, 0) is 38.5 Å². The van der Waals surface area contributed by atoms with Gasteiger partial charge in [-0.3, -0.25) is 14.6 Å². The second-order valence-corrected chi connectivity index (χ2v) is 16.7. The van der Waals surface area contributed by atoms with E-state index in [0.717, 1.165) is 137 Å².